The van der Waals surface area contributed by atoms with Gasteiger partial charge >= 0.3 is 0 Å². The smallest absolute Gasteiger partial charge is 0.191 e. The summed E-state index contributed by atoms with van der Waals surface area (Å²) in [7, 11) is 1.81. The van der Waals surface area contributed by atoms with Gasteiger partial charge in [0.2, 0.25) is 0 Å². The molecule has 0 aromatic carbocycles. The Morgan fingerprint density at radius 2 is 1.96 bits per heavy atom. The molecule has 0 radical (unpaired) electrons. The molecule has 1 heterocycles. The Morgan fingerprint density at radius 3 is 2.52 bits per heavy atom. The fraction of sp³-hybridized carbons (Fsp3) is 0.750. The minimum Gasteiger partial charge on any atom is -0.356 e. The lowest BCUT2D eigenvalue weighted by Crippen LogP contribution is -2.37. The number of unbranched alkanes of at least 4 members (excludes halogenated alkanes) is 1. The number of aromatic nitrogens is 1. The number of aryl methyl sites for hydroxylation is 1. The van der Waals surface area contributed by atoms with Crippen LogP contribution in [0.15, 0.2) is 11.2 Å². The zero-order chi connectivity index (χ0) is 16.2. The molecule has 23 heavy (non-hydrogen) atoms. The van der Waals surface area contributed by atoms with E-state index in [1.54, 1.807) is 11.3 Å². The highest BCUT2D eigenvalue weighted by Crippen LogP contribution is 2.12. The zero-order valence-corrected chi connectivity index (χ0v) is 18.0. The normalized spacial score (nSPS) is 11.4. The summed E-state index contributed by atoms with van der Waals surface area (Å²) in [6.07, 6.45) is 5.40. The molecule has 0 bridgehead atoms. The van der Waals surface area contributed by atoms with Crippen molar-refractivity contribution in [3.63, 3.8) is 0 Å². The molecule has 0 amide bonds. The molecule has 7 heteroatoms. The number of hydrogen-bond donors (Lipinski definition) is 2. The van der Waals surface area contributed by atoms with Crippen LogP contribution in [0.4, 0.5) is 0 Å². The van der Waals surface area contributed by atoms with Gasteiger partial charge in [-0.05, 0) is 38.9 Å². The average Bonchev–Trinajstić information content (AvgIpc) is 3.01. The first kappa shape index (κ1) is 22.6. The van der Waals surface area contributed by atoms with Crippen molar-refractivity contribution in [2.75, 3.05) is 33.2 Å². The van der Waals surface area contributed by atoms with Crippen LogP contribution in [0.3, 0.4) is 0 Å². The molecule has 134 valence electrons. The molecule has 1 aromatic rings. The van der Waals surface area contributed by atoms with E-state index in [0.29, 0.717) is 0 Å². The maximum absolute atomic E-state index is 4.41. The Bertz CT molecular complexity index is 432. The van der Waals surface area contributed by atoms with Gasteiger partial charge in [-0.3, -0.25) is 4.99 Å². The number of rotatable bonds is 10. The molecule has 0 spiro atoms. The van der Waals surface area contributed by atoms with Gasteiger partial charge in [-0.25, -0.2) is 4.98 Å². The van der Waals surface area contributed by atoms with E-state index in [4.69, 9.17) is 0 Å². The van der Waals surface area contributed by atoms with Gasteiger partial charge in [-0.1, -0.05) is 20.8 Å². The van der Waals surface area contributed by atoms with E-state index in [2.05, 4.69) is 46.3 Å². The number of guanidine groups is 1. The van der Waals surface area contributed by atoms with Gasteiger partial charge in [0.05, 0.1) is 6.54 Å². The van der Waals surface area contributed by atoms with E-state index < -0.39 is 0 Å². The van der Waals surface area contributed by atoms with Crippen LogP contribution in [0.5, 0.6) is 0 Å². The van der Waals surface area contributed by atoms with Gasteiger partial charge in [0, 0.05) is 24.7 Å². The Balaban J connectivity index is 0.00000484. The Kier molecular flexibility index (Phi) is 13.7. The largest absolute Gasteiger partial charge is 0.356 e. The Labute approximate surface area is 162 Å². The second-order valence-electron chi connectivity index (χ2n) is 5.16. The number of aliphatic imine (C=N–C) groups is 1. The molecule has 0 saturated carbocycles. The van der Waals surface area contributed by atoms with E-state index in [-0.39, 0.29) is 24.0 Å². The summed E-state index contributed by atoms with van der Waals surface area (Å²) < 4.78 is 0. The predicted molar refractivity (Wildman–Crippen MR) is 112 cm³/mol. The molecular formula is C16H32IN5S. The highest BCUT2D eigenvalue weighted by Gasteiger charge is 2.03. The zero-order valence-electron chi connectivity index (χ0n) is 14.9. The number of nitrogens with zero attached hydrogens (tertiary/aromatic N) is 3. The van der Waals surface area contributed by atoms with Crippen molar-refractivity contribution in [3.05, 3.63) is 16.1 Å². The van der Waals surface area contributed by atoms with Crippen LogP contribution in [-0.2, 0) is 13.0 Å². The highest BCUT2D eigenvalue weighted by molar-refractivity contribution is 14.0. The van der Waals surface area contributed by atoms with Crippen molar-refractivity contribution in [2.45, 2.75) is 46.6 Å². The summed E-state index contributed by atoms with van der Waals surface area (Å²) in [6, 6.07) is 0. The summed E-state index contributed by atoms with van der Waals surface area (Å²) >= 11 is 1.76. The Hall–Kier alpha value is -0.410. The van der Waals surface area contributed by atoms with Gasteiger partial charge in [0.25, 0.3) is 0 Å². The second-order valence-corrected chi connectivity index (χ2v) is 6.36. The van der Waals surface area contributed by atoms with Crippen molar-refractivity contribution < 1.29 is 0 Å². The van der Waals surface area contributed by atoms with Crippen LogP contribution in [0.1, 0.15) is 43.5 Å². The van der Waals surface area contributed by atoms with E-state index in [9.17, 15) is 0 Å². The summed E-state index contributed by atoms with van der Waals surface area (Å²) in [5.41, 5.74) is 0. The van der Waals surface area contributed by atoms with Crippen LogP contribution in [-0.4, -0.2) is 49.1 Å². The van der Waals surface area contributed by atoms with E-state index >= 15 is 0 Å². The van der Waals surface area contributed by atoms with Crippen LogP contribution in [0, 0.1) is 0 Å². The minimum atomic E-state index is 0. The van der Waals surface area contributed by atoms with Crippen LogP contribution >= 0.6 is 35.3 Å². The topological polar surface area (TPSA) is 52.6 Å². The third-order valence-corrected chi connectivity index (χ3v) is 4.81. The summed E-state index contributed by atoms with van der Waals surface area (Å²) in [5.74, 6) is 0.857. The van der Waals surface area contributed by atoms with E-state index in [1.807, 2.05) is 13.2 Å². The number of nitrogens with one attached hydrogen (secondary N) is 2. The molecule has 1 aromatic heterocycles. The van der Waals surface area contributed by atoms with E-state index in [1.165, 1.54) is 17.8 Å². The van der Waals surface area contributed by atoms with Crippen LogP contribution in [0.2, 0.25) is 0 Å². The fourth-order valence-corrected chi connectivity index (χ4v) is 2.98. The molecule has 1 rings (SSSR count). The first-order valence-electron chi connectivity index (χ1n) is 8.33. The SMILES string of the molecule is CCc1cnc(CNC(=NC)NCCCCN(CC)CC)s1.I. The second kappa shape index (κ2) is 14.0. The predicted octanol–water partition coefficient (Wildman–Crippen LogP) is 3.11. The third kappa shape index (κ3) is 9.46. The number of halogens is 1. The molecule has 0 saturated heterocycles. The molecule has 2 N–H and O–H groups in total. The van der Waals surface area contributed by atoms with Crippen molar-refractivity contribution in [1.29, 1.82) is 0 Å². The molecule has 0 atom stereocenters. The van der Waals surface area contributed by atoms with Crippen molar-refractivity contribution in [2.24, 2.45) is 4.99 Å². The first-order valence-corrected chi connectivity index (χ1v) is 9.15. The van der Waals surface area contributed by atoms with E-state index in [0.717, 1.165) is 50.0 Å². The minimum absolute atomic E-state index is 0. The van der Waals surface area contributed by atoms with Gasteiger partial charge in [-0.15, -0.1) is 35.3 Å². The molecular weight excluding hydrogens is 421 g/mol. The van der Waals surface area contributed by atoms with Gasteiger partial charge in [0.1, 0.15) is 5.01 Å². The lowest BCUT2D eigenvalue weighted by atomic mass is 10.3. The Morgan fingerprint density at radius 1 is 1.22 bits per heavy atom. The summed E-state index contributed by atoms with van der Waals surface area (Å²) in [6.45, 7) is 11.7. The third-order valence-electron chi connectivity index (χ3n) is 3.67. The van der Waals surface area contributed by atoms with Crippen molar-refractivity contribution in [1.82, 2.24) is 20.5 Å². The fourth-order valence-electron chi connectivity index (χ4n) is 2.18. The summed E-state index contributed by atoms with van der Waals surface area (Å²) in [4.78, 5) is 12.5. The van der Waals surface area contributed by atoms with Crippen molar-refractivity contribution >= 4 is 41.3 Å². The average molecular weight is 453 g/mol. The molecule has 0 fully saturated rings. The lowest BCUT2D eigenvalue weighted by molar-refractivity contribution is 0.297. The quantitative estimate of drug-likeness (QED) is 0.248. The van der Waals surface area contributed by atoms with Crippen molar-refractivity contribution in [3.8, 4) is 0 Å². The summed E-state index contributed by atoms with van der Waals surface area (Å²) in [5, 5.41) is 7.80. The van der Waals surface area contributed by atoms with Gasteiger partial charge < -0.3 is 15.5 Å². The standard InChI is InChI=1S/C16H31N5S.HI/c1-5-14-12-19-15(22-14)13-20-16(17-4)18-10-8-9-11-21(6-2)7-3;/h12H,5-11,13H2,1-4H3,(H2,17,18,20);1H. The molecule has 0 aliphatic rings. The number of thiazole rings is 1. The monoisotopic (exact) mass is 453 g/mol. The molecule has 0 aliphatic heterocycles. The van der Waals surface area contributed by atoms with Gasteiger partial charge in [0.15, 0.2) is 5.96 Å². The lowest BCUT2D eigenvalue weighted by Gasteiger charge is -2.17. The molecule has 0 unspecified atom stereocenters. The van der Waals surface area contributed by atoms with Crippen LogP contribution < -0.4 is 10.6 Å². The first-order chi connectivity index (χ1) is 10.7. The van der Waals surface area contributed by atoms with Crippen LogP contribution in [0.25, 0.3) is 0 Å². The highest BCUT2D eigenvalue weighted by atomic mass is 127. The number of hydrogen-bond acceptors (Lipinski definition) is 4. The molecule has 5 nitrogen and oxygen atoms in total. The van der Waals surface area contributed by atoms with Gasteiger partial charge in [-0.2, -0.15) is 0 Å². The molecule has 0 aliphatic carbocycles. The maximum Gasteiger partial charge on any atom is 0.191 e. The maximum atomic E-state index is 4.41.